The molecule has 2 amide bonds. The predicted octanol–water partition coefficient (Wildman–Crippen LogP) is 1.05. The van der Waals surface area contributed by atoms with Gasteiger partial charge in [0.1, 0.15) is 12.1 Å². The first-order valence-corrected chi connectivity index (χ1v) is 7.59. The summed E-state index contributed by atoms with van der Waals surface area (Å²) in [5, 5.41) is 5.17. The van der Waals surface area contributed by atoms with Crippen LogP contribution in [0.1, 0.15) is 25.8 Å². The monoisotopic (exact) mass is 320 g/mol. The normalized spacial score (nSPS) is 13.0. The highest BCUT2D eigenvalue weighted by molar-refractivity contribution is 5.88. The van der Waals surface area contributed by atoms with Crippen molar-refractivity contribution < 1.29 is 19.1 Å². The zero-order chi connectivity index (χ0) is 17.2. The second-order valence-corrected chi connectivity index (χ2v) is 5.74. The van der Waals surface area contributed by atoms with Crippen molar-refractivity contribution in [1.29, 1.82) is 0 Å². The zero-order valence-corrected chi connectivity index (χ0v) is 13.7. The molecule has 0 spiro atoms. The van der Waals surface area contributed by atoms with Gasteiger partial charge in [-0.1, -0.05) is 44.2 Å². The number of hydrogen-bond acceptors (Lipinski definition) is 4. The molecule has 2 N–H and O–H groups in total. The molecule has 0 aromatic heterocycles. The quantitative estimate of drug-likeness (QED) is 0.526. The Labute approximate surface area is 136 Å². The molecule has 6 heteroatoms. The maximum Gasteiger partial charge on any atom is 0.328 e. The van der Waals surface area contributed by atoms with E-state index in [1.165, 1.54) is 7.11 Å². The molecule has 0 bridgehead atoms. The second-order valence-electron chi connectivity index (χ2n) is 5.74. The average molecular weight is 320 g/mol. The SMILES string of the molecule is COC(=O)[C@H](Cc1ccccc1)NC(=O)[C@H](CC(C)C)NC=O. The summed E-state index contributed by atoms with van der Waals surface area (Å²) in [5.74, 6) is -0.683. The van der Waals surface area contributed by atoms with Crippen molar-refractivity contribution in [3.63, 3.8) is 0 Å². The summed E-state index contributed by atoms with van der Waals surface area (Å²) in [6.45, 7) is 3.91. The van der Waals surface area contributed by atoms with Crippen molar-refractivity contribution in [3.8, 4) is 0 Å². The molecule has 1 aromatic rings. The van der Waals surface area contributed by atoms with E-state index in [-0.39, 0.29) is 5.92 Å². The van der Waals surface area contributed by atoms with Gasteiger partial charge in [0, 0.05) is 6.42 Å². The summed E-state index contributed by atoms with van der Waals surface area (Å²) >= 11 is 0. The molecule has 126 valence electrons. The van der Waals surface area contributed by atoms with E-state index in [2.05, 4.69) is 10.6 Å². The lowest BCUT2D eigenvalue weighted by atomic mass is 10.0. The molecule has 0 saturated carbocycles. The van der Waals surface area contributed by atoms with Crippen molar-refractivity contribution in [2.45, 2.75) is 38.8 Å². The fourth-order valence-electron chi connectivity index (χ4n) is 2.26. The largest absolute Gasteiger partial charge is 0.467 e. The van der Waals surface area contributed by atoms with Gasteiger partial charge in [0.25, 0.3) is 0 Å². The zero-order valence-electron chi connectivity index (χ0n) is 13.7. The van der Waals surface area contributed by atoms with Gasteiger partial charge in [-0.05, 0) is 17.9 Å². The molecule has 1 aromatic carbocycles. The Hall–Kier alpha value is -2.37. The summed E-state index contributed by atoms with van der Waals surface area (Å²) in [4.78, 5) is 35.0. The molecule has 1 rings (SSSR count). The molecule has 0 heterocycles. The first-order valence-electron chi connectivity index (χ1n) is 7.59. The van der Waals surface area contributed by atoms with Crippen LogP contribution in [-0.2, 0) is 25.5 Å². The molecule has 0 unspecified atom stereocenters. The number of amides is 2. The first-order chi connectivity index (χ1) is 11.0. The van der Waals surface area contributed by atoms with E-state index in [1.807, 2.05) is 44.2 Å². The number of esters is 1. The van der Waals surface area contributed by atoms with E-state index in [4.69, 9.17) is 4.74 Å². The Kier molecular flexibility index (Phi) is 7.80. The van der Waals surface area contributed by atoms with Crippen LogP contribution in [0, 0.1) is 5.92 Å². The minimum absolute atomic E-state index is 0.226. The molecule has 23 heavy (non-hydrogen) atoms. The molecule has 0 saturated heterocycles. The lowest BCUT2D eigenvalue weighted by molar-refractivity contribution is -0.145. The average Bonchev–Trinajstić information content (AvgIpc) is 2.53. The summed E-state index contributed by atoms with van der Waals surface area (Å²) in [7, 11) is 1.28. The van der Waals surface area contributed by atoms with Gasteiger partial charge >= 0.3 is 5.97 Å². The second kappa shape index (κ2) is 9.61. The number of rotatable bonds is 9. The number of nitrogens with one attached hydrogen (secondary N) is 2. The third-order valence-corrected chi connectivity index (χ3v) is 3.38. The molecule has 0 fully saturated rings. The van der Waals surface area contributed by atoms with Gasteiger partial charge in [0.15, 0.2) is 0 Å². The van der Waals surface area contributed by atoms with Crippen LogP contribution in [0.5, 0.6) is 0 Å². The molecule has 0 aliphatic carbocycles. The number of hydrogen-bond donors (Lipinski definition) is 2. The van der Waals surface area contributed by atoms with Gasteiger partial charge in [-0.3, -0.25) is 9.59 Å². The van der Waals surface area contributed by atoms with E-state index in [9.17, 15) is 14.4 Å². The lowest BCUT2D eigenvalue weighted by Crippen LogP contribution is -2.51. The van der Waals surface area contributed by atoms with Crippen LogP contribution in [-0.4, -0.2) is 37.5 Å². The lowest BCUT2D eigenvalue weighted by Gasteiger charge is -2.22. The van der Waals surface area contributed by atoms with Gasteiger partial charge in [-0.15, -0.1) is 0 Å². The predicted molar refractivity (Wildman–Crippen MR) is 86.5 cm³/mol. The van der Waals surface area contributed by atoms with Gasteiger partial charge in [0.05, 0.1) is 7.11 Å². The van der Waals surface area contributed by atoms with E-state index in [0.717, 1.165) is 5.56 Å². The van der Waals surface area contributed by atoms with E-state index in [1.54, 1.807) is 0 Å². The number of ether oxygens (including phenoxy) is 1. The summed E-state index contributed by atoms with van der Waals surface area (Å²) in [6.07, 6.45) is 1.31. The Balaban J connectivity index is 2.80. The minimum Gasteiger partial charge on any atom is -0.467 e. The van der Waals surface area contributed by atoms with Crippen molar-refractivity contribution >= 4 is 18.3 Å². The standard InChI is InChI=1S/C17H24N2O4/c1-12(2)9-14(18-11-20)16(21)19-15(17(22)23-3)10-13-7-5-4-6-8-13/h4-8,11-12,14-15H,9-10H2,1-3H3,(H,18,20)(H,19,21)/t14-,15-/m0/s1. The highest BCUT2D eigenvalue weighted by Gasteiger charge is 2.26. The van der Waals surface area contributed by atoms with Gasteiger partial charge in [-0.25, -0.2) is 4.79 Å². The molecule has 2 atom stereocenters. The fraction of sp³-hybridized carbons (Fsp3) is 0.471. The van der Waals surface area contributed by atoms with Gasteiger partial charge in [-0.2, -0.15) is 0 Å². The molecular weight excluding hydrogens is 296 g/mol. The van der Waals surface area contributed by atoms with Crippen molar-refractivity contribution in [3.05, 3.63) is 35.9 Å². The Morgan fingerprint density at radius 1 is 1.17 bits per heavy atom. The van der Waals surface area contributed by atoms with Gasteiger partial charge < -0.3 is 15.4 Å². The highest BCUT2D eigenvalue weighted by atomic mass is 16.5. The van der Waals surface area contributed by atoms with Crippen LogP contribution >= 0.6 is 0 Å². The fourth-order valence-corrected chi connectivity index (χ4v) is 2.26. The third kappa shape index (κ3) is 6.50. The van der Waals surface area contributed by atoms with Crippen LogP contribution in [0.3, 0.4) is 0 Å². The molecular formula is C17H24N2O4. The van der Waals surface area contributed by atoms with Crippen molar-refractivity contribution in [2.75, 3.05) is 7.11 Å². The summed E-state index contributed by atoms with van der Waals surface area (Å²) in [5.41, 5.74) is 0.909. The van der Waals surface area contributed by atoms with Crippen LogP contribution in [0.15, 0.2) is 30.3 Å². The molecule has 6 nitrogen and oxygen atoms in total. The van der Waals surface area contributed by atoms with Crippen LogP contribution < -0.4 is 10.6 Å². The number of methoxy groups -OCH3 is 1. The third-order valence-electron chi connectivity index (χ3n) is 3.38. The van der Waals surface area contributed by atoms with E-state index >= 15 is 0 Å². The van der Waals surface area contributed by atoms with Crippen LogP contribution in [0.25, 0.3) is 0 Å². The van der Waals surface area contributed by atoms with E-state index in [0.29, 0.717) is 19.3 Å². The maximum atomic E-state index is 12.3. The smallest absolute Gasteiger partial charge is 0.328 e. The number of benzene rings is 1. The Morgan fingerprint density at radius 3 is 2.35 bits per heavy atom. The van der Waals surface area contributed by atoms with Crippen LogP contribution in [0.2, 0.25) is 0 Å². The number of carbonyl (C=O) groups is 3. The van der Waals surface area contributed by atoms with Crippen LogP contribution in [0.4, 0.5) is 0 Å². The summed E-state index contributed by atoms with van der Waals surface area (Å²) in [6, 6.07) is 7.88. The first kappa shape index (κ1) is 18.7. The molecule has 0 aliphatic heterocycles. The Morgan fingerprint density at radius 2 is 1.83 bits per heavy atom. The van der Waals surface area contributed by atoms with Crippen molar-refractivity contribution in [1.82, 2.24) is 10.6 Å². The molecule has 0 radical (unpaired) electrons. The highest BCUT2D eigenvalue weighted by Crippen LogP contribution is 2.08. The summed E-state index contributed by atoms with van der Waals surface area (Å²) < 4.78 is 4.76. The number of carbonyl (C=O) groups excluding carboxylic acids is 3. The topological polar surface area (TPSA) is 84.5 Å². The van der Waals surface area contributed by atoms with Crippen molar-refractivity contribution in [2.24, 2.45) is 5.92 Å². The minimum atomic E-state index is -0.794. The molecule has 0 aliphatic rings. The maximum absolute atomic E-state index is 12.3. The van der Waals surface area contributed by atoms with E-state index < -0.39 is 24.0 Å². The van der Waals surface area contributed by atoms with Gasteiger partial charge in [0.2, 0.25) is 12.3 Å². The Bertz CT molecular complexity index is 517.